The highest BCUT2D eigenvalue weighted by Crippen LogP contribution is 2.10. The lowest BCUT2D eigenvalue weighted by atomic mass is 10.1. The second-order valence-electron chi connectivity index (χ2n) is 4.13. The first-order valence-corrected chi connectivity index (χ1v) is 5.74. The molecule has 0 saturated carbocycles. The summed E-state index contributed by atoms with van der Waals surface area (Å²) in [6.07, 6.45) is 2.78. The topological polar surface area (TPSA) is 75.6 Å². The van der Waals surface area contributed by atoms with Crippen LogP contribution >= 0.6 is 0 Å². The molecule has 5 nitrogen and oxygen atoms in total. The highest BCUT2D eigenvalue weighted by molar-refractivity contribution is 5.75. The Labute approximate surface area is 95.2 Å². The van der Waals surface area contributed by atoms with Gasteiger partial charge in [-0.1, -0.05) is 0 Å². The molecule has 1 fully saturated rings. The average molecular weight is 229 g/mol. The number of unbranched alkanes of at least 4 members (excludes halogenated alkanes) is 1. The Kier molecular flexibility index (Phi) is 5.85. The quantitative estimate of drug-likeness (QED) is 0.633. The highest BCUT2D eigenvalue weighted by Gasteiger charge is 2.15. The molecule has 1 saturated heterocycles. The molecule has 0 aliphatic carbocycles. The minimum absolute atomic E-state index is 0.0114. The van der Waals surface area contributed by atoms with Crippen LogP contribution < -0.4 is 5.32 Å². The van der Waals surface area contributed by atoms with Gasteiger partial charge in [-0.15, -0.1) is 0 Å². The van der Waals surface area contributed by atoms with Crippen molar-refractivity contribution in [3.8, 4) is 0 Å². The monoisotopic (exact) mass is 229 g/mol. The third kappa shape index (κ3) is 5.70. The molecule has 1 amide bonds. The van der Waals surface area contributed by atoms with E-state index in [0.717, 1.165) is 19.6 Å². The fourth-order valence-electron chi connectivity index (χ4n) is 1.65. The Morgan fingerprint density at radius 3 is 2.69 bits per heavy atom. The predicted molar refractivity (Wildman–Crippen MR) is 58.0 cm³/mol. The molecule has 0 bridgehead atoms. The van der Waals surface area contributed by atoms with Crippen LogP contribution in [-0.4, -0.2) is 36.7 Å². The number of ether oxygens (including phenoxy) is 1. The Morgan fingerprint density at radius 1 is 1.31 bits per heavy atom. The van der Waals surface area contributed by atoms with Crippen molar-refractivity contribution in [2.24, 2.45) is 5.92 Å². The predicted octanol–water partition coefficient (Wildman–Crippen LogP) is 0.784. The fraction of sp³-hybridized carbons (Fsp3) is 0.818. The number of nitrogens with one attached hydrogen (secondary N) is 1. The Morgan fingerprint density at radius 2 is 2.06 bits per heavy atom. The summed E-state index contributed by atoms with van der Waals surface area (Å²) >= 11 is 0. The number of aliphatic carboxylic acids is 1. The molecule has 1 unspecified atom stereocenters. The Bertz CT molecular complexity index is 236. The lowest BCUT2D eigenvalue weighted by Crippen LogP contribution is -2.29. The zero-order valence-electron chi connectivity index (χ0n) is 9.41. The highest BCUT2D eigenvalue weighted by atomic mass is 16.5. The van der Waals surface area contributed by atoms with Gasteiger partial charge in [-0.05, 0) is 19.3 Å². The minimum Gasteiger partial charge on any atom is -0.481 e. The van der Waals surface area contributed by atoms with Gasteiger partial charge in [0.2, 0.25) is 5.91 Å². The van der Waals surface area contributed by atoms with Crippen LogP contribution in [0.25, 0.3) is 0 Å². The second kappa shape index (κ2) is 7.22. The molecule has 16 heavy (non-hydrogen) atoms. The maximum Gasteiger partial charge on any atom is 0.303 e. The van der Waals surface area contributed by atoms with E-state index in [1.54, 1.807) is 0 Å². The number of hydrogen-bond acceptors (Lipinski definition) is 3. The van der Waals surface area contributed by atoms with Crippen LogP contribution in [0.3, 0.4) is 0 Å². The maximum atomic E-state index is 11.3. The van der Waals surface area contributed by atoms with Crippen LogP contribution in [0.2, 0.25) is 0 Å². The molecule has 0 aromatic heterocycles. The van der Waals surface area contributed by atoms with E-state index in [9.17, 15) is 9.59 Å². The van der Waals surface area contributed by atoms with Gasteiger partial charge in [0, 0.05) is 31.9 Å². The molecule has 1 aliphatic rings. The molecular weight excluding hydrogens is 210 g/mol. The van der Waals surface area contributed by atoms with E-state index in [4.69, 9.17) is 9.84 Å². The minimum atomic E-state index is -0.802. The molecular formula is C11H19NO4. The molecule has 1 aliphatic heterocycles. The smallest absolute Gasteiger partial charge is 0.303 e. The molecule has 2 N–H and O–H groups in total. The third-order valence-corrected chi connectivity index (χ3v) is 2.66. The van der Waals surface area contributed by atoms with Crippen molar-refractivity contribution in [2.45, 2.75) is 32.1 Å². The van der Waals surface area contributed by atoms with E-state index in [0.29, 0.717) is 31.7 Å². The average Bonchev–Trinajstić information content (AvgIpc) is 2.74. The van der Waals surface area contributed by atoms with Crippen LogP contribution in [0.15, 0.2) is 0 Å². The van der Waals surface area contributed by atoms with Crippen LogP contribution in [0.4, 0.5) is 0 Å². The van der Waals surface area contributed by atoms with Crippen LogP contribution in [-0.2, 0) is 14.3 Å². The maximum absolute atomic E-state index is 11.3. The summed E-state index contributed by atoms with van der Waals surface area (Å²) in [6.45, 7) is 2.20. The number of carboxylic acids is 1. The lowest BCUT2D eigenvalue weighted by molar-refractivity contribution is -0.137. The number of carbonyl (C=O) groups excluding carboxylic acids is 1. The molecule has 5 heteroatoms. The van der Waals surface area contributed by atoms with Crippen LogP contribution in [0.1, 0.15) is 32.1 Å². The van der Waals surface area contributed by atoms with Crippen LogP contribution in [0.5, 0.6) is 0 Å². The van der Waals surface area contributed by atoms with Gasteiger partial charge in [-0.25, -0.2) is 0 Å². The standard InChI is InChI=1S/C11H19NO4/c13-10(3-1-2-4-11(14)15)12-7-9-5-6-16-8-9/h9H,1-8H2,(H,12,13)(H,14,15). The van der Waals surface area contributed by atoms with Crippen molar-refractivity contribution in [3.63, 3.8) is 0 Å². The van der Waals surface area contributed by atoms with Gasteiger partial charge in [0.1, 0.15) is 0 Å². The van der Waals surface area contributed by atoms with Crippen LogP contribution in [0, 0.1) is 5.92 Å². The number of carboxylic acid groups (broad SMARTS) is 1. The largest absolute Gasteiger partial charge is 0.481 e. The summed E-state index contributed by atoms with van der Waals surface area (Å²) in [4.78, 5) is 21.6. The van der Waals surface area contributed by atoms with Gasteiger partial charge >= 0.3 is 5.97 Å². The molecule has 1 rings (SSSR count). The summed E-state index contributed by atoms with van der Waals surface area (Å²) in [7, 11) is 0. The first-order valence-electron chi connectivity index (χ1n) is 5.74. The van der Waals surface area contributed by atoms with Gasteiger partial charge in [0.15, 0.2) is 0 Å². The van der Waals surface area contributed by atoms with Crippen molar-refractivity contribution in [1.82, 2.24) is 5.32 Å². The molecule has 1 heterocycles. The first-order chi connectivity index (χ1) is 7.68. The van der Waals surface area contributed by atoms with E-state index in [-0.39, 0.29) is 12.3 Å². The van der Waals surface area contributed by atoms with E-state index < -0.39 is 5.97 Å². The van der Waals surface area contributed by atoms with Crippen molar-refractivity contribution in [3.05, 3.63) is 0 Å². The molecule has 0 radical (unpaired) electrons. The van der Waals surface area contributed by atoms with Crippen molar-refractivity contribution in [2.75, 3.05) is 19.8 Å². The zero-order valence-corrected chi connectivity index (χ0v) is 9.41. The number of rotatable bonds is 7. The van der Waals surface area contributed by atoms with Gasteiger partial charge in [0.25, 0.3) is 0 Å². The molecule has 1 atom stereocenters. The number of amides is 1. The van der Waals surface area contributed by atoms with E-state index in [1.807, 2.05) is 0 Å². The Balaban J connectivity index is 1.95. The number of hydrogen-bond donors (Lipinski definition) is 2. The summed E-state index contributed by atoms with van der Waals surface area (Å²) in [5, 5.41) is 11.3. The van der Waals surface area contributed by atoms with Crippen molar-refractivity contribution < 1.29 is 19.4 Å². The van der Waals surface area contributed by atoms with Crippen molar-refractivity contribution >= 4 is 11.9 Å². The van der Waals surface area contributed by atoms with E-state index in [1.165, 1.54) is 0 Å². The summed E-state index contributed by atoms with van der Waals surface area (Å²) in [5.41, 5.74) is 0. The summed E-state index contributed by atoms with van der Waals surface area (Å²) in [6, 6.07) is 0. The number of carbonyl (C=O) groups is 2. The molecule has 0 spiro atoms. The summed E-state index contributed by atoms with van der Waals surface area (Å²) < 4.78 is 5.20. The molecule has 0 aromatic rings. The Hall–Kier alpha value is -1.10. The van der Waals surface area contributed by atoms with Gasteiger partial charge in [-0.3, -0.25) is 9.59 Å². The zero-order chi connectivity index (χ0) is 11.8. The van der Waals surface area contributed by atoms with Gasteiger partial charge < -0.3 is 15.2 Å². The van der Waals surface area contributed by atoms with Gasteiger partial charge in [0.05, 0.1) is 6.61 Å². The summed E-state index contributed by atoms with van der Waals surface area (Å²) in [5.74, 6) is -0.344. The normalized spacial score (nSPS) is 19.6. The van der Waals surface area contributed by atoms with Gasteiger partial charge in [-0.2, -0.15) is 0 Å². The van der Waals surface area contributed by atoms with Crippen molar-refractivity contribution in [1.29, 1.82) is 0 Å². The fourth-order valence-corrected chi connectivity index (χ4v) is 1.65. The second-order valence-corrected chi connectivity index (χ2v) is 4.13. The van der Waals surface area contributed by atoms with E-state index >= 15 is 0 Å². The molecule has 0 aromatic carbocycles. The molecule has 92 valence electrons. The lowest BCUT2D eigenvalue weighted by Gasteiger charge is -2.08. The SMILES string of the molecule is O=C(O)CCCCC(=O)NCC1CCOC1. The third-order valence-electron chi connectivity index (χ3n) is 2.66. The van der Waals surface area contributed by atoms with E-state index in [2.05, 4.69) is 5.32 Å². The first kappa shape index (κ1) is 13.0.